The van der Waals surface area contributed by atoms with Gasteiger partial charge in [0.15, 0.2) is 11.6 Å². The highest BCUT2D eigenvalue weighted by molar-refractivity contribution is 5.86. The van der Waals surface area contributed by atoms with Crippen LogP contribution in [0.4, 0.5) is 0 Å². The lowest BCUT2D eigenvalue weighted by Gasteiger charge is -1.94. The Bertz CT molecular complexity index is 295. The topological polar surface area (TPSA) is 52.3 Å². The average Bonchev–Trinajstić information content (AvgIpc) is 2.30. The minimum absolute atomic E-state index is 0.0608. The van der Waals surface area contributed by atoms with E-state index >= 15 is 0 Å². The van der Waals surface area contributed by atoms with Crippen molar-refractivity contribution in [2.24, 2.45) is 0 Å². The van der Waals surface area contributed by atoms with E-state index in [4.69, 9.17) is 5.79 Å². The third-order valence-corrected chi connectivity index (χ3v) is 1.03. The summed E-state index contributed by atoms with van der Waals surface area (Å²) in [6, 6.07) is 0. The van der Waals surface area contributed by atoms with Crippen LogP contribution in [-0.4, -0.2) is 17.6 Å². The van der Waals surface area contributed by atoms with Crippen LogP contribution in [0.1, 0.15) is 24.7 Å². The number of hydrogen-bond acceptors (Lipinski definition) is 4. The Kier molecular flexibility index (Phi) is 1.85. The monoisotopic (exact) mass is 156 g/mol. The first-order chi connectivity index (χ1) is 5.65. The van der Waals surface area contributed by atoms with Gasteiger partial charge in [-0.05, 0) is 6.92 Å². The molecule has 0 saturated carbocycles. The zero-order chi connectivity index (χ0) is 9.14. The molecule has 0 N–H and O–H groups in total. The number of aryl methyl sites for hydroxylation is 1. The van der Waals surface area contributed by atoms with E-state index in [1.54, 1.807) is 13.8 Å². The maximum absolute atomic E-state index is 11.0. The summed E-state index contributed by atoms with van der Waals surface area (Å²) in [5.41, 5.74) is -0.0608. The van der Waals surface area contributed by atoms with Crippen molar-refractivity contribution in [3.05, 3.63) is 17.8 Å². The molecule has 0 aromatic carbocycles. The number of oxazole rings is 1. The molecule has 4 heteroatoms. The molecule has 1 aromatic heterocycles. The molecule has 0 fully saturated rings. The Morgan fingerprint density at radius 2 is 2.73 bits per heavy atom. The molecule has 1 rings (SSSR count). The van der Waals surface area contributed by atoms with Crippen LogP contribution in [0.2, 0.25) is 0 Å². The first-order valence-corrected chi connectivity index (χ1v) is 3.26. The molecule has 0 unspecified atom stereocenters. The number of esters is 1. The van der Waals surface area contributed by atoms with Crippen LogP contribution >= 0.6 is 0 Å². The van der Waals surface area contributed by atoms with E-state index < -0.39 is 5.97 Å². The van der Waals surface area contributed by atoms with Gasteiger partial charge in [0, 0.05) is 6.92 Å². The van der Waals surface area contributed by atoms with E-state index in [0.29, 0.717) is 5.89 Å². The van der Waals surface area contributed by atoms with E-state index in [9.17, 15) is 4.79 Å². The van der Waals surface area contributed by atoms with Crippen molar-refractivity contribution in [2.45, 2.75) is 13.8 Å². The van der Waals surface area contributed by atoms with Gasteiger partial charge in [0.1, 0.15) is 7.61 Å². The van der Waals surface area contributed by atoms with E-state index in [-0.39, 0.29) is 18.5 Å². The number of carbonyl (C=O) groups excluding carboxylic acids is 1. The van der Waals surface area contributed by atoms with Crippen LogP contribution in [0, 0.1) is 6.92 Å². The molecule has 11 heavy (non-hydrogen) atoms. The van der Waals surface area contributed by atoms with Gasteiger partial charge in [-0.2, -0.15) is 0 Å². The first kappa shape index (κ1) is 6.39. The molecule has 1 aromatic rings. The average molecular weight is 156 g/mol. The molecule has 0 aliphatic heterocycles. The zero-order valence-electron chi connectivity index (χ0n) is 7.38. The minimum Gasteiger partial charge on any atom is -0.461 e. The molecular formula is C7H9NO3. The van der Waals surface area contributed by atoms with Crippen LogP contribution in [0.15, 0.2) is 10.7 Å². The van der Waals surface area contributed by atoms with Gasteiger partial charge in [-0.1, -0.05) is 0 Å². The highest BCUT2D eigenvalue weighted by atomic mass is 16.5. The van der Waals surface area contributed by atoms with Crippen molar-refractivity contribution in [2.75, 3.05) is 6.61 Å². The fourth-order valence-corrected chi connectivity index (χ4v) is 0.612. The van der Waals surface area contributed by atoms with Crippen LogP contribution in [0.3, 0.4) is 0 Å². The summed E-state index contributed by atoms with van der Waals surface area (Å²) in [7, 11) is 0. The number of nitrogens with zero attached hydrogens (tertiary/aromatic N) is 1. The highest BCUT2D eigenvalue weighted by Gasteiger charge is 2.10. The van der Waals surface area contributed by atoms with Gasteiger partial charge in [0.05, 0.1) is 6.61 Å². The maximum Gasteiger partial charge on any atom is 0.360 e. The van der Waals surface area contributed by atoms with E-state index in [0.717, 1.165) is 0 Å². The van der Waals surface area contributed by atoms with Crippen molar-refractivity contribution in [3.63, 3.8) is 0 Å². The SMILES string of the molecule is [2H]c1oc(C)nc1C(=O)OCC. The highest BCUT2D eigenvalue weighted by Crippen LogP contribution is 2.01. The van der Waals surface area contributed by atoms with E-state index in [1.165, 1.54) is 0 Å². The minimum atomic E-state index is -0.612. The van der Waals surface area contributed by atoms with E-state index in [2.05, 4.69) is 9.72 Å². The summed E-state index contributed by atoms with van der Waals surface area (Å²) in [4.78, 5) is 14.7. The van der Waals surface area contributed by atoms with Crippen molar-refractivity contribution >= 4 is 5.97 Å². The van der Waals surface area contributed by atoms with Gasteiger partial charge in [-0.25, -0.2) is 9.78 Å². The molecule has 0 bridgehead atoms. The fraction of sp³-hybridized carbons (Fsp3) is 0.429. The molecule has 60 valence electrons. The largest absolute Gasteiger partial charge is 0.461 e. The summed E-state index contributed by atoms with van der Waals surface area (Å²) >= 11 is 0. The molecule has 0 amide bonds. The molecule has 0 spiro atoms. The Labute approximate surface area is 65.6 Å². The normalized spacial score (nSPS) is 10.9. The van der Waals surface area contributed by atoms with Crippen molar-refractivity contribution in [1.29, 1.82) is 0 Å². The predicted molar refractivity (Wildman–Crippen MR) is 37.2 cm³/mol. The Morgan fingerprint density at radius 1 is 2.00 bits per heavy atom. The van der Waals surface area contributed by atoms with Gasteiger partial charge in [0.25, 0.3) is 0 Å². The number of aromatic nitrogens is 1. The molecule has 1 heterocycles. The van der Waals surface area contributed by atoms with Crippen LogP contribution in [-0.2, 0) is 4.74 Å². The Morgan fingerprint density at radius 3 is 3.18 bits per heavy atom. The summed E-state index contributed by atoms with van der Waals surface area (Å²) in [6.07, 6.45) is -0.244. The molecule has 0 saturated heterocycles. The molecule has 4 nitrogen and oxygen atoms in total. The number of carbonyl (C=O) groups is 1. The van der Waals surface area contributed by atoms with Crippen molar-refractivity contribution in [1.82, 2.24) is 4.98 Å². The van der Waals surface area contributed by atoms with Gasteiger partial charge in [0.2, 0.25) is 0 Å². The third kappa shape index (κ3) is 1.80. The number of ether oxygens (including phenoxy) is 1. The van der Waals surface area contributed by atoms with Crippen molar-refractivity contribution in [3.8, 4) is 0 Å². The molecular weight excluding hydrogens is 146 g/mol. The summed E-state index contributed by atoms with van der Waals surface area (Å²) < 4.78 is 16.5. The lowest BCUT2D eigenvalue weighted by molar-refractivity contribution is 0.0519. The zero-order valence-corrected chi connectivity index (χ0v) is 6.38. The van der Waals surface area contributed by atoms with Gasteiger partial charge in [-0.15, -0.1) is 0 Å². The Hall–Kier alpha value is -1.32. The molecule has 0 atom stereocenters. The van der Waals surface area contributed by atoms with Crippen LogP contribution < -0.4 is 0 Å². The fourth-order valence-electron chi connectivity index (χ4n) is 0.612. The first-order valence-electron chi connectivity index (χ1n) is 3.76. The lowest BCUT2D eigenvalue weighted by Crippen LogP contribution is -2.04. The van der Waals surface area contributed by atoms with Gasteiger partial charge >= 0.3 is 5.97 Å². The summed E-state index contributed by atoms with van der Waals surface area (Å²) in [5, 5.41) is 0. The third-order valence-electron chi connectivity index (χ3n) is 1.03. The maximum atomic E-state index is 11.0. The summed E-state index contributed by atoms with van der Waals surface area (Å²) in [5.74, 6) is -0.317. The summed E-state index contributed by atoms with van der Waals surface area (Å²) in [6.45, 7) is 3.53. The lowest BCUT2D eigenvalue weighted by atomic mass is 10.5. The quantitative estimate of drug-likeness (QED) is 0.603. The second-order valence-corrected chi connectivity index (χ2v) is 1.90. The Balaban J connectivity index is 2.87. The number of hydrogen-bond donors (Lipinski definition) is 0. The smallest absolute Gasteiger partial charge is 0.360 e. The second kappa shape index (κ2) is 3.18. The predicted octanol–water partition coefficient (Wildman–Crippen LogP) is 1.16. The van der Waals surface area contributed by atoms with Crippen molar-refractivity contribution < 1.29 is 15.3 Å². The molecule has 0 aliphatic rings. The van der Waals surface area contributed by atoms with Crippen LogP contribution in [0.25, 0.3) is 0 Å². The number of rotatable bonds is 2. The molecule has 0 radical (unpaired) electrons. The second-order valence-electron chi connectivity index (χ2n) is 1.90. The van der Waals surface area contributed by atoms with Crippen LogP contribution in [0.5, 0.6) is 0 Å². The molecule has 0 aliphatic carbocycles. The van der Waals surface area contributed by atoms with E-state index in [1.807, 2.05) is 0 Å². The van der Waals surface area contributed by atoms with Gasteiger partial charge < -0.3 is 9.15 Å². The van der Waals surface area contributed by atoms with Gasteiger partial charge in [-0.3, -0.25) is 0 Å². The standard InChI is InChI=1S/C7H9NO3/c1-3-10-7(9)6-4-11-5(2)8-6/h4H,3H2,1-2H3/i4D.